The Bertz CT molecular complexity index is 565. The quantitative estimate of drug-likeness (QED) is 0.439. The molecule has 1 aliphatic rings. The van der Waals surface area contributed by atoms with E-state index in [1.54, 1.807) is 24.3 Å². The number of carbonyl (C=O) groups excluding carboxylic acids is 1. The summed E-state index contributed by atoms with van der Waals surface area (Å²) < 4.78 is 0. The predicted molar refractivity (Wildman–Crippen MR) is 70.5 cm³/mol. The average molecular weight is 258 g/mol. The van der Waals surface area contributed by atoms with Gasteiger partial charge in [-0.05, 0) is 12.2 Å². The standard InChI is InChI=1S/C15H14O4/c16-13(11-4-2-1-3-5-11)7-6-12-8-9-15(18,19)10-14(12)17/h1-8,10,17-19H,9H2. The Morgan fingerprint density at radius 3 is 2.53 bits per heavy atom. The number of benzene rings is 1. The van der Waals surface area contributed by atoms with Crippen LogP contribution >= 0.6 is 0 Å². The summed E-state index contributed by atoms with van der Waals surface area (Å²) in [6.45, 7) is 0. The van der Waals surface area contributed by atoms with Crippen LogP contribution in [0.25, 0.3) is 0 Å². The molecule has 0 radical (unpaired) electrons. The minimum absolute atomic E-state index is 0.0315. The van der Waals surface area contributed by atoms with Gasteiger partial charge in [0.05, 0.1) is 0 Å². The van der Waals surface area contributed by atoms with Crippen molar-refractivity contribution in [2.75, 3.05) is 0 Å². The van der Waals surface area contributed by atoms with Gasteiger partial charge >= 0.3 is 0 Å². The molecule has 0 aromatic heterocycles. The second kappa shape index (κ2) is 5.22. The average Bonchev–Trinajstić information content (AvgIpc) is 2.37. The smallest absolute Gasteiger partial charge is 0.190 e. The maximum Gasteiger partial charge on any atom is 0.190 e. The fraction of sp³-hybridized carbons (Fsp3) is 0.133. The molecule has 0 atom stereocenters. The first-order valence-electron chi connectivity index (χ1n) is 5.82. The Balaban J connectivity index is 2.11. The monoisotopic (exact) mass is 258 g/mol. The number of aliphatic hydroxyl groups excluding tert-OH is 1. The molecule has 4 nitrogen and oxygen atoms in total. The van der Waals surface area contributed by atoms with E-state index < -0.39 is 5.79 Å². The van der Waals surface area contributed by atoms with E-state index in [0.29, 0.717) is 11.1 Å². The Morgan fingerprint density at radius 2 is 1.89 bits per heavy atom. The highest BCUT2D eigenvalue weighted by Crippen LogP contribution is 2.23. The first-order valence-corrected chi connectivity index (χ1v) is 5.82. The molecule has 0 saturated heterocycles. The molecule has 1 aromatic rings. The second-order valence-corrected chi connectivity index (χ2v) is 4.34. The summed E-state index contributed by atoms with van der Waals surface area (Å²) in [5, 5.41) is 28.2. The molecule has 0 unspecified atom stereocenters. The van der Waals surface area contributed by atoms with Gasteiger partial charge in [0.25, 0.3) is 0 Å². The van der Waals surface area contributed by atoms with Crippen molar-refractivity contribution in [3.8, 4) is 0 Å². The molecule has 3 N–H and O–H groups in total. The van der Waals surface area contributed by atoms with Gasteiger partial charge < -0.3 is 15.3 Å². The van der Waals surface area contributed by atoms with Crippen molar-refractivity contribution >= 4 is 5.78 Å². The summed E-state index contributed by atoms with van der Waals surface area (Å²) in [6.07, 6.45) is 5.17. The summed E-state index contributed by atoms with van der Waals surface area (Å²) in [6, 6.07) is 8.75. The molecular formula is C15H14O4. The molecule has 0 aliphatic heterocycles. The van der Waals surface area contributed by atoms with Gasteiger partial charge in [0, 0.05) is 23.6 Å². The number of rotatable bonds is 3. The van der Waals surface area contributed by atoms with Crippen LogP contribution in [0.3, 0.4) is 0 Å². The van der Waals surface area contributed by atoms with Crippen LogP contribution in [0.15, 0.2) is 66.0 Å². The zero-order chi connectivity index (χ0) is 13.9. The molecule has 0 bridgehead atoms. The summed E-state index contributed by atoms with van der Waals surface area (Å²) in [4.78, 5) is 11.8. The van der Waals surface area contributed by atoms with Crippen LogP contribution in [-0.4, -0.2) is 26.9 Å². The van der Waals surface area contributed by atoms with Crippen molar-refractivity contribution in [1.29, 1.82) is 0 Å². The number of allylic oxidation sites excluding steroid dienone is 2. The van der Waals surface area contributed by atoms with Gasteiger partial charge in [0.1, 0.15) is 5.76 Å². The first kappa shape index (κ1) is 13.3. The maximum atomic E-state index is 11.8. The van der Waals surface area contributed by atoms with E-state index in [0.717, 1.165) is 6.08 Å². The first-order chi connectivity index (χ1) is 8.98. The van der Waals surface area contributed by atoms with Gasteiger partial charge in [-0.15, -0.1) is 0 Å². The lowest BCUT2D eigenvalue weighted by atomic mass is 9.99. The van der Waals surface area contributed by atoms with E-state index in [4.69, 9.17) is 0 Å². The Kier molecular flexibility index (Phi) is 3.64. The van der Waals surface area contributed by atoms with Crippen LogP contribution in [0.4, 0.5) is 0 Å². The van der Waals surface area contributed by atoms with Crippen molar-refractivity contribution in [2.24, 2.45) is 0 Å². The van der Waals surface area contributed by atoms with E-state index >= 15 is 0 Å². The largest absolute Gasteiger partial charge is 0.507 e. The number of aliphatic hydroxyl groups is 3. The van der Waals surface area contributed by atoms with E-state index in [-0.39, 0.29) is 18.0 Å². The molecule has 0 fully saturated rings. The number of carbonyl (C=O) groups is 1. The molecule has 19 heavy (non-hydrogen) atoms. The Hall–Kier alpha value is -2.17. The molecule has 0 amide bonds. The minimum atomic E-state index is -2.02. The van der Waals surface area contributed by atoms with Gasteiger partial charge in [0.15, 0.2) is 11.6 Å². The van der Waals surface area contributed by atoms with Crippen molar-refractivity contribution in [2.45, 2.75) is 12.2 Å². The lowest BCUT2D eigenvalue weighted by Crippen LogP contribution is -2.27. The molecule has 2 rings (SSSR count). The highest BCUT2D eigenvalue weighted by Gasteiger charge is 2.24. The van der Waals surface area contributed by atoms with Crippen LogP contribution in [0, 0.1) is 0 Å². The highest BCUT2D eigenvalue weighted by molar-refractivity contribution is 6.04. The van der Waals surface area contributed by atoms with Gasteiger partial charge in [-0.25, -0.2) is 0 Å². The molecule has 0 spiro atoms. The van der Waals surface area contributed by atoms with Crippen molar-refractivity contribution in [3.63, 3.8) is 0 Å². The zero-order valence-electron chi connectivity index (χ0n) is 10.2. The lowest BCUT2D eigenvalue weighted by Gasteiger charge is -2.20. The summed E-state index contributed by atoms with van der Waals surface area (Å²) in [5.74, 6) is -2.46. The van der Waals surface area contributed by atoms with E-state index in [1.807, 2.05) is 6.07 Å². The normalized spacial score (nSPS) is 18.0. The fourth-order valence-corrected chi connectivity index (χ4v) is 1.74. The minimum Gasteiger partial charge on any atom is -0.507 e. The molecule has 4 heteroatoms. The van der Waals surface area contributed by atoms with E-state index in [1.165, 1.54) is 18.2 Å². The van der Waals surface area contributed by atoms with Crippen LogP contribution in [0.2, 0.25) is 0 Å². The van der Waals surface area contributed by atoms with Crippen molar-refractivity contribution in [3.05, 3.63) is 71.5 Å². The molecule has 1 aromatic carbocycles. The zero-order valence-corrected chi connectivity index (χ0v) is 10.2. The van der Waals surface area contributed by atoms with Crippen LogP contribution in [0.5, 0.6) is 0 Å². The molecule has 0 saturated carbocycles. The van der Waals surface area contributed by atoms with Crippen LogP contribution in [-0.2, 0) is 0 Å². The van der Waals surface area contributed by atoms with E-state index in [2.05, 4.69) is 0 Å². The topological polar surface area (TPSA) is 77.8 Å². The van der Waals surface area contributed by atoms with Gasteiger partial charge in [0.2, 0.25) is 0 Å². The third-order valence-electron chi connectivity index (χ3n) is 2.76. The third-order valence-corrected chi connectivity index (χ3v) is 2.76. The van der Waals surface area contributed by atoms with Crippen molar-refractivity contribution < 1.29 is 20.1 Å². The predicted octanol–water partition coefficient (Wildman–Crippen LogP) is 1.88. The summed E-state index contributed by atoms with van der Waals surface area (Å²) >= 11 is 0. The summed E-state index contributed by atoms with van der Waals surface area (Å²) in [5.41, 5.74) is 0.945. The fourth-order valence-electron chi connectivity index (χ4n) is 1.74. The Labute approximate surface area is 110 Å². The SMILES string of the molecule is O=C(C=CC1=CCC(O)(O)C=C1O)c1ccccc1. The van der Waals surface area contributed by atoms with Crippen molar-refractivity contribution in [1.82, 2.24) is 0 Å². The number of hydrogen-bond donors (Lipinski definition) is 3. The van der Waals surface area contributed by atoms with E-state index in [9.17, 15) is 20.1 Å². The Morgan fingerprint density at radius 1 is 1.21 bits per heavy atom. The molecule has 98 valence electrons. The molecule has 1 aliphatic carbocycles. The van der Waals surface area contributed by atoms with Crippen LogP contribution < -0.4 is 0 Å². The van der Waals surface area contributed by atoms with Gasteiger partial charge in [-0.1, -0.05) is 36.4 Å². The maximum absolute atomic E-state index is 11.8. The number of hydrogen-bond acceptors (Lipinski definition) is 4. The van der Waals surface area contributed by atoms with Gasteiger partial charge in [-0.2, -0.15) is 0 Å². The molecular weight excluding hydrogens is 244 g/mol. The van der Waals surface area contributed by atoms with Gasteiger partial charge in [-0.3, -0.25) is 4.79 Å². The lowest BCUT2D eigenvalue weighted by molar-refractivity contribution is -0.117. The van der Waals surface area contributed by atoms with Crippen LogP contribution in [0.1, 0.15) is 16.8 Å². The molecule has 0 heterocycles. The highest BCUT2D eigenvalue weighted by atomic mass is 16.5. The third kappa shape index (κ3) is 3.40. The second-order valence-electron chi connectivity index (χ2n) is 4.34. The summed E-state index contributed by atoms with van der Waals surface area (Å²) in [7, 11) is 0. The number of ketones is 1.